The Bertz CT molecular complexity index is 880. The summed E-state index contributed by atoms with van der Waals surface area (Å²) in [7, 11) is 0. The van der Waals surface area contributed by atoms with Gasteiger partial charge in [0.05, 0.1) is 27.8 Å². The van der Waals surface area contributed by atoms with Crippen molar-refractivity contribution in [1.29, 1.82) is 0 Å². The number of aromatic nitrogens is 2. The summed E-state index contributed by atoms with van der Waals surface area (Å²) in [4.78, 5) is 34.5. The zero-order chi connectivity index (χ0) is 20.4. The van der Waals surface area contributed by atoms with Crippen LogP contribution in [0.2, 0.25) is 0 Å². The molecule has 6 nitrogen and oxygen atoms in total. The highest BCUT2D eigenvalue weighted by Crippen LogP contribution is 2.42. The number of hydrogen-bond acceptors (Lipinski definition) is 5. The minimum absolute atomic E-state index is 0.0745. The van der Waals surface area contributed by atoms with Gasteiger partial charge in [0.25, 0.3) is 0 Å². The Morgan fingerprint density at radius 2 is 1.71 bits per heavy atom. The van der Waals surface area contributed by atoms with Crippen molar-refractivity contribution >= 4 is 22.9 Å². The summed E-state index contributed by atoms with van der Waals surface area (Å²) >= 11 is 0. The summed E-state index contributed by atoms with van der Waals surface area (Å²) in [6, 6.07) is 7.63. The molecular formula is C22H29N3O3. The second-order valence-electron chi connectivity index (χ2n) is 8.78. The van der Waals surface area contributed by atoms with Gasteiger partial charge in [0.2, 0.25) is 5.91 Å². The molecule has 0 aliphatic heterocycles. The first-order valence-corrected chi connectivity index (χ1v) is 9.89. The van der Waals surface area contributed by atoms with Gasteiger partial charge in [-0.2, -0.15) is 0 Å². The van der Waals surface area contributed by atoms with E-state index < -0.39 is 5.41 Å². The van der Waals surface area contributed by atoms with E-state index in [-0.39, 0.29) is 30.4 Å². The van der Waals surface area contributed by atoms with Crippen molar-refractivity contribution in [3.05, 3.63) is 35.7 Å². The molecule has 2 aromatic rings. The van der Waals surface area contributed by atoms with Crippen molar-refractivity contribution in [1.82, 2.24) is 15.3 Å². The van der Waals surface area contributed by atoms with Crippen molar-refractivity contribution in [3.63, 3.8) is 0 Å². The lowest BCUT2D eigenvalue weighted by atomic mass is 9.82. The monoisotopic (exact) mass is 383 g/mol. The van der Waals surface area contributed by atoms with Crippen molar-refractivity contribution in [2.75, 3.05) is 0 Å². The fourth-order valence-electron chi connectivity index (χ4n) is 3.82. The highest BCUT2D eigenvalue weighted by Gasteiger charge is 2.44. The lowest BCUT2D eigenvalue weighted by Gasteiger charge is -2.28. The fourth-order valence-corrected chi connectivity index (χ4v) is 3.82. The average Bonchev–Trinajstić information content (AvgIpc) is 3.07. The van der Waals surface area contributed by atoms with Crippen LogP contribution in [0.25, 0.3) is 11.0 Å². The predicted octanol–water partition coefficient (Wildman–Crippen LogP) is 3.85. The Morgan fingerprint density at radius 3 is 2.32 bits per heavy atom. The van der Waals surface area contributed by atoms with Gasteiger partial charge < -0.3 is 10.1 Å². The number of para-hydroxylation sites is 2. The van der Waals surface area contributed by atoms with Gasteiger partial charge in [-0.15, -0.1) is 0 Å². The number of aryl methyl sites for hydroxylation is 1. The first-order chi connectivity index (χ1) is 13.2. The second kappa shape index (κ2) is 7.86. The molecule has 1 fully saturated rings. The van der Waals surface area contributed by atoms with Crippen LogP contribution in [0.5, 0.6) is 0 Å². The zero-order valence-electron chi connectivity index (χ0n) is 17.2. The summed E-state index contributed by atoms with van der Waals surface area (Å²) in [5, 5.41) is 2.96. The molecule has 28 heavy (non-hydrogen) atoms. The van der Waals surface area contributed by atoms with Gasteiger partial charge >= 0.3 is 5.97 Å². The Hall–Kier alpha value is -2.50. The molecular weight excluding hydrogens is 354 g/mol. The number of carbonyl (C=O) groups is 2. The van der Waals surface area contributed by atoms with Crippen LogP contribution in [0, 0.1) is 12.3 Å². The van der Waals surface area contributed by atoms with Gasteiger partial charge in [-0.3, -0.25) is 9.59 Å². The summed E-state index contributed by atoms with van der Waals surface area (Å²) in [5.74, 6) is -0.406. The Kier molecular flexibility index (Phi) is 5.68. The largest absolute Gasteiger partial charge is 0.459 e. The molecule has 1 aromatic heterocycles. The van der Waals surface area contributed by atoms with Crippen molar-refractivity contribution in [3.8, 4) is 0 Å². The Morgan fingerprint density at radius 1 is 1.11 bits per heavy atom. The molecule has 1 amide bonds. The van der Waals surface area contributed by atoms with E-state index in [0.29, 0.717) is 18.5 Å². The molecule has 150 valence electrons. The summed E-state index contributed by atoms with van der Waals surface area (Å²) < 4.78 is 5.65. The topological polar surface area (TPSA) is 81.2 Å². The lowest BCUT2D eigenvalue weighted by molar-refractivity contribution is -0.159. The van der Waals surface area contributed by atoms with Crippen molar-refractivity contribution in [2.45, 2.75) is 71.9 Å². The maximum atomic E-state index is 13.0. The van der Waals surface area contributed by atoms with E-state index in [0.717, 1.165) is 29.6 Å². The van der Waals surface area contributed by atoms with Gasteiger partial charge in [0.1, 0.15) is 6.61 Å². The van der Waals surface area contributed by atoms with Gasteiger partial charge in [-0.1, -0.05) is 25.0 Å². The number of benzene rings is 1. The molecule has 0 bridgehead atoms. The maximum absolute atomic E-state index is 13.0. The van der Waals surface area contributed by atoms with E-state index in [1.807, 2.05) is 52.0 Å². The number of ether oxygens (including phenoxy) is 1. The number of hydrogen-bond donors (Lipinski definition) is 1. The highest BCUT2D eigenvalue weighted by molar-refractivity contribution is 5.86. The normalized spacial score (nSPS) is 16.1. The number of nitrogens with zero attached hydrogens (tertiary/aromatic N) is 2. The first-order valence-electron chi connectivity index (χ1n) is 9.89. The molecule has 0 radical (unpaired) electrons. The van der Waals surface area contributed by atoms with Crippen LogP contribution in [-0.4, -0.2) is 27.4 Å². The van der Waals surface area contributed by atoms with Gasteiger partial charge in [-0.05, 0) is 52.7 Å². The SMILES string of the molecule is Cc1nc2ccccc2nc1COC(=O)C1(CC(=O)NC(C)(C)C)CCCC1. The second-order valence-corrected chi connectivity index (χ2v) is 8.78. The summed E-state index contributed by atoms with van der Waals surface area (Å²) in [6.45, 7) is 7.75. The van der Waals surface area contributed by atoms with E-state index in [1.54, 1.807) is 0 Å². The number of amides is 1. The smallest absolute Gasteiger partial charge is 0.312 e. The fraction of sp³-hybridized carbons (Fsp3) is 0.545. The number of carbonyl (C=O) groups excluding carboxylic acids is 2. The maximum Gasteiger partial charge on any atom is 0.312 e. The van der Waals surface area contributed by atoms with Crippen LogP contribution in [0.3, 0.4) is 0 Å². The molecule has 1 heterocycles. The van der Waals surface area contributed by atoms with E-state index >= 15 is 0 Å². The van der Waals surface area contributed by atoms with E-state index in [1.165, 1.54) is 0 Å². The van der Waals surface area contributed by atoms with Gasteiger partial charge in [0.15, 0.2) is 0 Å². The van der Waals surface area contributed by atoms with Crippen molar-refractivity contribution < 1.29 is 14.3 Å². The minimum atomic E-state index is -0.729. The molecule has 0 unspecified atom stereocenters. The number of esters is 1. The van der Waals surface area contributed by atoms with E-state index in [9.17, 15) is 9.59 Å². The summed E-state index contributed by atoms with van der Waals surface area (Å²) in [6.07, 6.45) is 3.42. The van der Waals surface area contributed by atoms with Crippen LogP contribution >= 0.6 is 0 Å². The molecule has 1 saturated carbocycles. The third-order valence-electron chi connectivity index (χ3n) is 5.19. The quantitative estimate of drug-likeness (QED) is 0.793. The molecule has 1 aliphatic carbocycles. The highest BCUT2D eigenvalue weighted by atomic mass is 16.5. The molecule has 1 N–H and O–H groups in total. The zero-order valence-corrected chi connectivity index (χ0v) is 17.2. The van der Waals surface area contributed by atoms with Crippen LogP contribution in [0.4, 0.5) is 0 Å². The first kappa shape index (κ1) is 20.2. The molecule has 0 spiro atoms. The standard InChI is InChI=1S/C22H29N3O3/c1-15-18(24-17-10-6-5-9-16(17)23-15)14-28-20(27)22(11-7-8-12-22)13-19(26)25-21(2,3)4/h5-6,9-10H,7-8,11-14H2,1-4H3,(H,25,26). The Labute approximate surface area is 166 Å². The van der Waals surface area contributed by atoms with Gasteiger partial charge in [0, 0.05) is 12.0 Å². The van der Waals surface area contributed by atoms with Gasteiger partial charge in [-0.25, -0.2) is 9.97 Å². The van der Waals surface area contributed by atoms with Crippen LogP contribution in [0.1, 0.15) is 64.3 Å². The Balaban J connectivity index is 1.71. The van der Waals surface area contributed by atoms with Crippen molar-refractivity contribution in [2.24, 2.45) is 5.41 Å². The molecule has 1 aromatic carbocycles. The molecule has 1 aliphatic rings. The molecule has 0 saturated heterocycles. The van der Waals surface area contributed by atoms with E-state index in [2.05, 4.69) is 15.3 Å². The summed E-state index contributed by atoms with van der Waals surface area (Å²) in [5.41, 5.74) is 1.95. The molecule has 6 heteroatoms. The van der Waals surface area contributed by atoms with Crippen LogP contribution in [0.15, 0.2) is 24.3 Å². The molecule has 3 rings (SSSR count). The van der Waals surface area contributed by atoms with Crippen LogP contribution in [-0.2, 0) is 20.9 Å². The minimum Gasteiger partial charge on any atom is -0.459 e. The number of rotatable bonds is 5. The number of nitrogens with one attached hydrogen (secondary N) is 1. The number of fused-ring (bicyclic) bond motifs is 1. The van der Waals surface area contributed by atoms with E-state index in [4.69, 9.17) is 4.74 Å². The molecule has 0 atom stereocenters. The third-order valence-corrected chi connectivity index (χ3v) is 5.19. The lowest BCUT2D eigenvalue weighted by Crippen LogP contribution is -2.44. The average molecular weight is 383 g/mol. The van der Waals surface area contributed by atoms with Crippen LogP contribution < -0.4 is 5.32 Å². The third kappa shape index (κ3) is 4.66. The predicted molar refractivity (Wildman–Crippen MR) is 107 cm³/mol.